The molecule has 0 aromatic heterocycles. The maximum absolute atomic E-state index is 11.0. The zero-order valence-corrected chi connectivity index (χ0v) is 13.6. The van der Waals surface area contributed by atoms with Crippen molar-refractivity contribution in [2.75, 3.05) is 26.2 Å². The molecule has 1 atom stereocenters. The summed E-state index contributed by atoms with van der Waals surface area (Å²) in [7, 11) is 0. The first-order chi connectivity index (χ1) is 9.54. The normalized spacial score (nSPS) is 15.8. The number of hydrogen-bond donors (Lipinski definition) is 2. The lowest BCUT2D eigenvalue weighted by atomic mass is 10.0. The van der Waals surface area contributed by atoms with Gasteiger partial charge in [0.2, 0.25) is 0 Å². The third kappa shape index (κ3) is 4.21. The number of benzene rings is 1. The van der Waals surface area contributed by atoms with E-state index in [0.29, 0.717) is 5.56 Å². The lowest BCUT2D eigenvalue weighted by Crippen LogP contribution is -2.44. The summed E-state index contributed by atoms with van der Waals surface area (Å²) in [5.74, 6) is -0.347. The molecule has 1 aliphatic rings. The molecule has 0 bridgehead atoms. The van der Waals surface area contributed by atoms with Crippen LogP contribution in [-0.2, 0) is 0 Å². The highest BCUT2D eigenvalue weighted by atomic mass is 35.5. The van der Waals surface area contributed by atoms with E-state index in [4.69, 9.17) is 5.26 Å². The molecule has 9 heteroatoms. The highest BCUT2D eigenvalue weighted by molar-refractivity contribution is 5.85. The van der Waals surface area contributed by atoms with Crippen molar-refractivity contribution in [3.05, 3.63) is 33.4 Å². The largest absolute Gasteiger partial charge is 0.502 e. The van der Waals surface area contributed by atoms with Gasteiger partial charge in [-0.1, -0.05) is 0 Å². The fourth-order valence-electron chi connectivity index (χ4n) is 2.43. The van der Waals surface area contributed by atoms with Crippen LogP contribution in [0, 0.1) is 21.4 Å². The molecule has 0 amide bonds. The number of nitro groups is 1. The first-order valence-electron chi connectivity index (χ1n) is 6.40. The van der Waals surface area contributed by atoms with Crippen molar-refractivity contribution >= 4 is 30.5 Å². The van der Waals surface area contributed by atoms with Gasteiger partial charge in [0.05, 0.1) is 16.6 Å². The third-order valence-electron chi connectivity index (χ3n) is 3.59. The molecule has 1 aliphatic heterocycles. The van der Waals surface area contributed by atoms with Crippen molar-refractivity contribution in [1.29, 1.82) is 5.26 Å². The van der Waals surface area contributed by atoms with Gasteiger partial charge in [-0.05, 0) is 13.0 Å². The first kappa shape index (κ1) is 20.4. The summed E-state index contributed by atoms with van der Waals surface area (Å²) in [6, 6.07) is 4.35. The standard InChI is InChI=1S/C13H16N4O3.2ClH/c1-9(16-4-2-15-3-5-16)11-6-10(8-14)7-12(13(11)18)17(19)20;;/h6-7,9,15,18H,2-5H2,1H3;2*1H/t9-;;/m1../s1. The number of piperazine rings is 1. The molecular formula is C13H18Cl2N4O3. The van der Waals surface area contributed by atoms with E-state index in [1.54, 1.807) is 0 Å². The van der Waals surface area contributed by atoms with Crippen molar-refractivity contribution in [2.24, 2.45) is 0 Å². The number of nitriles is 1. The Morgan fingerprint density at radius 3 is 2.50 bits per heavy atom. The maximum atomic E-state index is 11.0. The highest BCUT2D eigenvalue weighted by Crippen LogP contribution is 2.37. The maximum Gasteiger partial charge on any atom is 0.312 e. The molecule has 22 heavy (non-hydrogen) atoms. The van der Waals surface area contributed by atoms with E-state index >= 15 is 0 Å². The second-order valence-corrected chi connectivity index (χ2v) is 4.76. The van der Waals surface area contributed by atoms with Crippen LogP contribution >= 0.6 is 24.8 Å². The zero-order chi connectivity index (χ0) is 14.7. The summed E-state index contributed by atoms with van der Waals surface area (Å²) in [4.78, 5) is 12.4. The van der Waals surface area contributed by atoms with E-state index in [-0.39, 0.29) is 42.2 Å². The quantitative estimate of drug-likeness (QED) is 0.639. The molecule has 0 radical (unpaired) electrons. The Morgan fingerprint density at radius 2 is 2.00 bits per heavy atom. The van der Waals surface area contributed by atoms with Crippen LogP contribution in [0.5, 0.6) is 5.75 Å². The number of hydrogen-bond acceptors (Lipinski definition) is 6. The smallest absolute Gasteiger partial charge is 0.312 e. The van der Waals surface area contributed by atoms with Crippen LogP contribution in [0.1, 0.15) is 24.1 Å². The number of nitrogens with zero attached hydrogens (tertiary/aromatic N) is 3. The van der Waals surface area contributed by atoms with Crippen LogP contribution in [0.2, 0.25) is 0 Å². The van der Waals surface area contributed by atoms with Crippen LogP contribution in [-0.4, -0.2) is 41.1 Å². The van der Waals surface area contributed by atoms with Crippen LogP contribution in [0.3, 0.4) is 0 Å². The highest BCUT2D eigenvalue weighted by Gasteiger charge is 2.26. The Balaban J connectivity index is 0.00000220. The van der Waals surface area contributed by atoms with E-state index in [1.165, 1.54) is 6.07 Å². The topological polar surface area (TPSA) is 102 Å². The van der Waals surface area contributed by atoms with Gasteiger partial charge in [-0.15, -0.1) is 24.8 Å². The van der Waals surface area contributed by atoms with E-state index in [0.717, 1.165) is 32.2 Å². The second-order valence-electron chi connectivity index (χ2n) is 4.76. The Hall–Kier alpha value is -1.59. The van der Waals surface area contributed by atoms with E-state index < -0.39 is 10.6 Å². The molecule has 0 unspecified atom stereocenters. The molecule has 1 aromatic rings. The van der Waals surface area contributed by atoms with Gasteiger partial charge in [-0.3, -0.25) is 15.0 Å². The molecular weight excluding hydrogens is 331 g/mol. The minimum Gasteiger partial charge on any atom is -0.502 e. The molecule has 2 N–H and O–H groups in total. The van der Waals surface area contributed by atoms with Gasteiger partial charge in [0.1, 0.15) is 0 Å². The van der Waals surface area contributed by atoms with Gasteiger partial charge in [0.25, 0.3) is 0 Å². The lowest BCUT2D eigenvalue weighted by Gasteiger charge is -2.33. The fraction of sp³-hybridized carbons (Fsp3) is 0.462. The monoisotopic (exact) mass is 348 g/mol. The first-order valence-corrected chi connectivity index (χ1v) is 6.40. The Kier molecular flexibility index (Phi) is 8.12. The number of nitrogens with one attached hydrogen (secondary N) is 1. The fourth-order valence-corrected chi connectivity index (χ4v) is 2.43. The van der Waals surface area contributed by atoms with Crippen molar-refractivity contribution in [1.82, 2.24) is 10.2 Å². The predicted octanol–water partition coefficient (Wildman–Crippen LogP) is 1.98. The van der Waals surface area contributed by atoms with Crippen LogP contribution in [0.4, 0.5) is 5.69 Å². The average Bonchev–Trinajstić information content (AvgIpc) is 2.47. The second kappa shape index (κ2) is 8.76. The summed E-state index contributed by atoms with van der Waals surface area (Å²) >= 11 is 0. The Labute approximate surface area is 140 Å². The van der Waals surface area contributed by atoms with Gasteiger partial charge in [-0.2, -0.15) is 5.26 Å². The molecule has 1 aromatic carbocycles. The van der Waals surface area contributed by atoms with Crippen molar-refractivity contribution in [2.45, 2.75) is 13.0 Å². The van der Waals surface area contributed by atoms with Gasteiger partial charge in [-0.25, -0.2) is 0 Å². The van der Waals surface area contributed by atoms with Gasteiger partial charge in [0.15, 0.2) is 5.75 Å². The lowest BCUT2D eigenvalue weighted by molar-refractivity contribution is -0.386. The summed E-state index contributed by atoms with van der Waals surface area (Å²) in [6.45, 7) is 5.15. The van der Waals surface area contributed by atoms with Crippen molar-refractivity contribution in [3.63, 3.8) is 0 Å². The SMILES string of the molecule is C[C@H](c1cc(C#N)cc([N+](=O)[O-])c1O)N1CCNCC1.Cl.Cl. The molecule has 0 saturated carbocycles. The number of halogens is 2. The molecule has 2 rings (SSSR count). The van der Waals surface area contributed by atoms with E-state index in [1.807, 2.05) is 13.0 Å². The molecule has 1 saturated heterocycles. The van der Waals surface area contributed by atoms with Gasteiger partial charge in [0, 0.05) is 43.9 Å². The number of phenolic OH excluding ortho intramolecular Hbond substituents is 1. The number of phenols is 1. The summed E-state index contributed by atoms with van der Waals surface area (Å²) in [6.07, 6.45) is 0. The van der Waals surface area contributed by atoms with Crippen LogP contribution in [0.25, 0.3) is 0 Å². The van der Waals surface area contributed by atoms with Crippen molar-refractivity contribution < 1.29 is 10.0 Å². The predicted molar refractivity (Wildman–Crippen MR) is 86.8 cm³/mol. The molecule has 1 fully saturated rings. The van der Waals surface area contributed by atoms with Gasteiger partial charge >= 0.3 is 5.69 Å². The van der Waals surface area contributed by atoms with E-state index in [9.17, 15) is 15.2 Å². The summed E-state index contributed by atoms with van der Waals surface area (Å²) < 4.78 is 0. The van der Waals surface area contributed by atoms with Crippen LogP contribution < -0.4 is 5.32 Å². The summed E-state index contributed by atoms with van der Waals surface area (Å²) in [5, 5.41) is 33.2. The summed E-state index contributed by atoms with van der Waals surface area (Å²) in [5.41, 5.74) is 0.199. The molecule has 7 nitrogen and oxygen atoms in total. The Bertz CT molecular complexity index is 571. The molecule has 122 valence electrons. The minimum absolute atomic E-state index is 0. The molecule has 1 heterocycles. The molecule has 0 spiro atoms. The van der Waals surface area contributed by atoms with Gasteiger partial charge < -0.3 is 10.4 Å². The Morgan fingerprint density at radius 1 is 1.41 bits per heavy atom. The minimum atomic E-state index is -0.663. The third-order valence-corrected chi connectivity index (χ3v) is 3.59. The number of rotatable bonds is 3. The average molecular weight is 349 g/mol. The number of nitro benzene ring substituents is 1. The van der Waals surface area contributed by atoms with Crippen LogP contribution in [0.15, 0.2) is 12.1 Å². The zero-order valence-electron chi connectivity index (χ0n) is 12.0. The number of aromatic hydroxyl groups is 1. The molecule has 0 aliphatic carbocycles. The van der Waals surface area contributed by atoms with Crippen molar-refractivity contribution in [3.8, 4) is 11.8 Å². The van der Waals surface area contributed by atoms with E-state index in [2.05, 4.69) is 10.2 Å².